The van der Waals surface area contributed by atoms with Crippen LogP contribution in [0.15, 0.2) is 35.7 Å². The number of carbonyl (C=O) groups is 3. The molecule has 0 unspecified atom stereocenters. The van der Waals surface area contributed by atoms with Gasteiger partial charge < -0.3 is 9.47 Å². The van der Waals surface area contributed by atoms with Crippen molar-refractivity contribution < 1.29 is 22.8 Å². The Morgan fingerprint density at radius 2 is 1.70 bits per heavy atom. The van der Waals surface area contributed by atoms with Crippen molar-refractivity contribution in [3.05, 3.63) is 41.7 Å². The van der Waals surface area contributed by atoms with Crippen molar-refractivity contribution in [2.24, 2.45) is 7.05 Å². The Bertz CT molecular complexity index is 1080. The SMILES string of the molecule is Cn1cnnc1S(=O)(=O)C1CCN(C(=O)CCN2C(=O)c3ccccc3C2=O)CC1. The van der Waals surface area contributed by atoms with Crippen molar-refractivity contribution in [1.29, 1.82) is 0 Å². The lowest BCUT2D eigenvalue weighted by molar-refractivity contribution is -0.132. The second-order valence-corrected chi connectivity index (χ2v) is 9.53. The standard InChI is InChI=1S/C19H21N5O5S/c1-22-12-20-21-19(22)30(28,29)13-6-9-23(10-7-13)16(25)8-11-24-17(26)14-4-2-3-5-15(14)18(24)27/h2-5,12-13H,6-11H2,1H3. The number of sulfone groups is 1. The van der Waals surface area contributed by atoms with Crippen LogP contribution in [0.1, 0.15) is 40.0 Å². The molecule has 0 saturated carbocycles. The number of aromatic nitrogens is 3. The molecular weight excluding hydrogens is 410 g/mol. The van der Waals surface area contributed by atoms with Gasteiger partial charge in [0.2, 0.25) is 20.9 Å². The Kier molecular flexibility index (Phi) is 5.14. The predicted octanol–water partition coefficient (Wildman–Crippen LogP) is 0.266. The minimum absolute atomic E-state index is 0.00233. The number of fused-ring (bicyclic) bond motifs is 1. The summed E-state index contributed by atoms with van der Waals surface area (Å²) in [5.41, 5.74) is 0.703. The smallest absolute Gasteiger partial charge is 0.261 e. The highest BCUT2D eigenvalue weighted by atomic mass is 32.2. The van der Waals surface area contributed by atoms with E-state index in [1.807, 2.05) is 0 Å². The van der Waals surface area contributed by atoms with Crippen molar-refractivity contribution in [1.82, 2.24) is 24.6 Å². The summed E-state index contributed by atoms with van der Waals surface area (Å²) in [7, 11) is -2.04. The molecule has 3 heterocycles. The van der Waals surface area contributed by atoms with E-state index in [1.165, 1.54) is 10.9 Å². The highest BCUT2D eigenvalue weighted by Gasteiger charge is 2.37. The summed E-state index contributed by atoms with van der Waals surface area (Å²) in [6, 6.07) is 6.58. The number of piperidine rings is 1. The fourth-order valence-corrected chi connectivity index (χ4v) is 5.64. The molecule has 2 aromatic rings. The molecule has 0 radical (unpaired) electrons. The molecule has 158 valence electrons. The second kappa shape index (κ2) is 7.63. The summed E-state index contributed by atoms with van der Waals surface area (Å²) in [6.45, 7) is 0.591. The lowest BCUT2D eigenvalue weighted by Gasteiger charge is -2.31. The van der Waals surface area contributed by atoms with Crippen LogP contribution in [-0.4, -0.2) is 75.6 Å². The Morgan fingerprint density at radius 1 is 1.10 bits per heavy atom. The van der Waals surface area contributed by atoms with Crippen molar-refractivity contribution in [2.45, 2.75) is 29.7 Å². The van der Waals surface area contributed by atoms with E-state index < -0.39 is 26.9 Å². The summed E-state index contributed by atoms with van der Waals surface area (Å²) < 4.78 is 26.8. The molecule has 1 saturated heterocycles. The molecule has 3 amide bonds. The van der Waals surface area contributed by atoms with E-state index in [1.54, 1.807) is 36.2 Å². The summed E-state index contributed by atoms with van der Waals surface area (Å²) in [5, 5.41) is 6.63. The lowest BCUT2D eigenvalue weighted by Crippen LogP contribution is -2.44. The first-order chi connectivity index (χ1) is 14.3. The molecule has 1 aromatic carbocycles. The molecule has 0 spiro atoms. The van der Waals surface area contributed by atoms with E-state index in [0.29, 0.717) is 37.1 Å². The van der Waals surface area contributed by atoms with Crippen LogP contribution in [0.2, 0.25) is 0 Å². The molecule has 0 N–H and O–H groups in total. The van der Waals surface area contributed by atoms with Gasteiger partial charge in [0.1, 0.15) is 6.33 Å². The van der Waals surface area contributed by atoms with Gasteiger partial charge in [-0.2, -0.15) is 0 Å². The van der Waals surface area contributed by atoms with Gasteiger partial charge in [0.15, 0.2) is 0 Å². The van der Waals surface area contributed by atoms with Crippen molar-refractivity contribution in [3.63, 3.8) is 0 Å². The van der Waals surface area contributed by atoms with Gasteiger partial charge >= 0.3 is 0 Å². The highest BCUT2D eigenvalue weighted by molar-refractivity contribution is 7.91. The van der Waals surface area contributed by atoms with E-state index >= 15 is 0 Å². The molecule has 1 fully saturated rings. The average Bonchev–Trinajstić information content (AvgIpc) is 3.29. The van der Waals surface area contributed by atoms with Crippen LogP contribution in [0.5, 0.6) is 0 Å². The maximum atomic E-state index is 12.7. The maximum Gasteiger partial charge on any atom is 0.261 e. The van der Waals surface area contributed by atoms with Gasteiger partial charge in [0.05, 0.1) is 16.4 Å². The minimum atomic E-state index is -3.62. The van der Waals surface area contributed by atoms with Crippen LogP contribution in [-0.2, 0) is 21.7 Å². The van der Waals surface area contributed by atoms with Gasteiger partial charge in [0.25, 0.3) is 11.8 Å². The Balaban J connectivity index is 1.33. The number of hydrogen-bond donors (Lipinski definition) is 0. The fourth-order valence-electron chi connectivity index (χ4n) is 3.90. The maximum absolute atomic E-state index is 12.7. The first-order valence-corrected chi connectivity index (χ1v) is 11.2. The van der Waals surface area contributed by atoms with E-state index in [4.69, 9.17) is 0 Å². The Labute approximate surface area is 173 Å². The topological polar surface area (TPSA) is 123 Å². The summed E-state index contributed by atoms with van der Waals surface area (Å²) in [4.78, 5) is 40.0. The molecule has 0 aliphatic carbocycles. The monoisotopic (exact) mass is 431 g/mol. The van der Waals surface area contributed by atoms with Crippen molar-refractivity contribution >= 4 is 27.6 Å². The molecule has 11 heteroatoms. The molecule has 2 aliphatic heterocycles. The van der Waals surface area contributed by atoms with Crippen LogP contribution in [0.3, 0.4) is 0 Å². The number of rotatable bonds is 5. The van der Waals surface area contributed by atoms with E-state index in [0.717, 1.165) is 4.90 Å². The zero-order chi connectivity index (χ0) is 21.5. The molecule has 10 nitrogen and oxygen atoms in total. The third kappa shape index (κ3) is 3.38. The first-order valence-electron chi connectivity index (χ1n) is 9.61. The Morgan fingerprint density at radius 3 is 2.23 bits per heavy atom. The van der Waals surface area contributed by atoms with Crippen LogP contribution < -0.4 is 0 Å². The van der Waals surface area contributed by atoms with E-state index in [-0.39, 0.29) is 24.0 Å². The normalized spacial score (nSPS) is 17.5. The molecule has 2 aliphatic rings. The van der Waals surface area contributed by atoms with Gasteiger partial charge in [-0.05, 0) is 25.0 Å². The van der Waals surface area contributed by atoms with Gasteiger partial charge in [-0.1, -0.05) is 12.1 Å². The summed E-state index contributed by atoms with van der Waals surface area (Å²) >= 11 is 0. The fraction of sp³-hybridized carbons (Fsp3) is 0.421. The van der Waals surface area contributed by atoms with E-state index in [9.17, 15) is 22.8 Å². The number of carbonyl (C=O) groups excluding carboxylic acids is 3. The Hall–Kier alpha value is -3.08. The second-order valence-electron chi connectivity index (χ2n) is 7.41. The average molecular weight is 431 g/mol. The van der Waals surface area contributed by atoms with Crippen LogP contribution in [0, 0.1) is 0 Å². The number of likely N-dealkylation sites (tertiary alicyclic amines) is 1. The van der Waals surface area contributed by atoms with Gasteiger partial charge in [-0.25, -0.2) is 8.42 Å². The first kappa shape index (κ1) is 20.2. The molecule has 30 heavy (non-hydrogen) atoms. The number of benzene rings is 1. The van der Waals surface area contributed by atoms with Gasteiger partial charge in [-0.15, -0.1) is 10.2 Å². The molecule has 1 aromatic heterocycles. The number of aryl methyl sites for hydroxylation is 1. The van der Waals surface area contributed by atoms with Crippen LogP contribution in [0.4, 0.5) is 0 Å². The molecule has 4 rings (SSSR count). The number of hydrogen-bond acceptors (Lipinski definition) is 7. The predicted molar refractivity (Wildman–Crippen MR) is 104 cm³/mol. The summed E-state index contributed by atoms with van der Waals surface area (Å²) in [5.74, 6) is -0.991. The number of imide groups is 1. The van der Waals surface area contributed by atoms with Gasteiger partial charge in [-0.3, -0.25) is 19.3 Å². The lowest BCUT2D eigenvalue weighted by atomic mass is 10.1. The third-order valence-corrected chi connectivity index (χ3v) is 7.81. The third-order valence-electron chi connectivity index (χ3n) is 5.59. The number of nitrogens with zero attached hydrogens (tertiary/aromatic N) is 5. The molecular formula is C19H21N5O5S. The highest BCUT2D eigenvalue weighted by Crippen LogP contribution is 2.25. The zero-order valence-electron chi connectivity index (χ0n) is 16.4. The largest absolute Gasteiger partial charge is 0.343 e. The zero-order valence-corrected chi connectivity index (χ0v) is 17.2. The molecule has 0 bridgehead atoms. The van der Waals surface area contributed by atoms with Gasteiger partial charge in [0, 0.05) is 33.1 Å². The quantitative estimate of drug-likeness (QED) is 0.623. The van der Waals surface area contributed by atoms with Crippen molar-refractivity contribution in [3.8, 4) is 0 Å². The minimum Gasteiger partial charge on any atom is -0.343 e. The molecule has 0 atom stereocenters. The van der Waals surface area contributed by atoms with Crippen LogP contribution in [0.25, 0.3) is 0 Å². The number of amides is 3. The van der Waals surface area contributed by atoms with Crippen molar-refractivity contribution in [2.75, 3.05) is 19.6 Å². The summed E-state index contributed by atoms with van der Waals surface area (Å²) in [6.07, 6.45) is 1.94. The van der Waals surface area contributed by atoms with E-state index in [2.05, 4.69) is 10.2 Å². The van der Waals surface area contributed by atoms with Crippen LogP contribution >= 0.6 is 0 Å².